The minimum Gasteiger partial charge on any atom is -0.465 e. The molecule has 1 unspecified atom stereocenters. The normalized spacial score (nSPS) is 15.5. The maximum atomic E-state index is 13.4. The van der Waals surface area contributed by atoms with E-state index in [9.17, 15) is 19.5 Å². The average molecular weight is 559 g/mol. The zero-order chi connectivity index (χ0) is 29.1. The highest BCUT2D eigenvalue weighted by molar-refractivity contribution is 5.89. The van der Waals surface area contributed by atoms with Crippen molar-refractivity contribution in [3.63, 3.8) is 0 Å². The lowest BCUT2D eigenvalue weighted by molar-refractivity contribution is -0.136. The number of benzene rings is 2. The Kier molecular flexibility index (Phi) is 7.89. The second kappa shape index (κ2) is 11.5. The number of nitrogens with one attached hydrogen (secondary N) is 1. The number of fused-ring (bicyclic) bond motifs is 1. The molecule has 1 aliphatic rings. The molecule has 2 aromatic carbocycles. The fourth-order valence-electron chi connectivity index (χ4n) is 5.43. The number of aryl methyl sites for hydroxylation is 1. The van der Waals surface area contributed by atoms with Gasteiger partial charge in [0, 0.05) is 38.7 Å². The molecular weight excluding hydrogens is 524 g/mol. The van der Waals surface area contributed by atoms with Crippen LogP contribution in [0.2, 0.25) is 0 Å². The van der Waals surface area contributed by atoms with E-state index < -0.39 is 11.7 Å². The van der Waals surface area contributed by atoms with Crippen LogP contribution in [0.25, 0.3) is 22.3 Å². The summed E-state index contributed by atoms with van der Waals surface area (Å²) in [6.07, 6.45) is 1.48. The van der Waals surface area contributed by atoms with Crippen LogP contribution in [0.1, 0.15) is 43.2 Å². The second-order valence-corrected chi connectivity index (χ2v) is 10.8. The molecule has 1 aliphatic heterocycles. The number of rotatable bonds is 8. The molecule has 4 aromatic rings. The fourth-order valence-corrected chi connectivity index (χ4v) is 5.43. The van der Waals surface area contributed by atoms with Crippen LogP contribution in [0.5, 0.6) is 0 Å². The summed E-state index contributed by atoms with van der Waals surface area (Å²) in [5, 5.41) is 26.9. The van der Waals surface area contributed by atoms with Crippen LogP contribution < -0.4 is 10.9 Å². The van der Waals surface area contributed by atoms with Gasteiger partial charge in [-0.1, -0.05) is 61.5 Å². The zero-order valence-corrected chi connectivity index (χ0v) is 23.2. The standard InChI is InChI=1S/C30H34N6O5/c1-20(22-6-4-3-5-7-22)16-24(37)35-14-12-30(41,13-15-35)18-36-19-32-25-26(28(36)38)33-34(2)27(25)23-10-8-21(9-11-23)17-31-29(39)40/h3-11,19-20,31,41H,12-18H2,1-2H3,(H,39,40). The molecule has 0 bridgehead atoms. The van der Waals surface area contributed by atoms with Gasteiger partial charge in [-0.15, -0.1) is 0 Å². The summed E-state index contributed by atoms with van der Waals surface area (Å²) in [7, 11) is 1.74. The van der Waals surface area contributed by atoms with Crippen LogP contribution >= 0.6 is 0 Å². The zero-order valence-electron chi connectivity index (χ0n) is 23.2. The largest absolute Gasteiger partial charge is 0.465 e. The summed E-state index contributed by atoms with van der Waals surface area (Å²) in [4.78, 5) is 43.4. The van der Waals surface area contributed by atoms with Crippen molar-refractivity contribution in [3.8, 4) is 11.3 Å². The van der Waals surface area contributed by atoms with Gasteiger partial charge in [0.2, 0.25) is 5.91 Å². The van der Waals surface area contributed by atoms with Crippen molar-refractivity contribution in [2.24, 2.45) is 7.05 Å². The van der Waals surface area contributed by atoms with E-state index in [1.807, 2.05) is 49.4 Å². The summed E-state index contributed by atoms with van der Waals surface area (Å²) in [6.45, 7) is 3.14. The maximum Gasteiger partial charge on any atom is 0.404 e. The van der Waals surface area contributed by atoms with Gasteiger partial charge < -0.3 is 20.4 Å². The first-order chi connectivity index (χ1) is 19.6. The molecule has 0 saturated carbocycles. The van der Waals surface area contributed by atoms with Crippen molar-refractivity contribution >= 4 is 23.0 Å². The fraction of sp³-hybridized carbons (Fsp3) is 0.367. The molecule has 1 fully saturated rings. The van der Waals surface area contributed by atoms with Gasteiger partial charge in [-0.3, -0.25) is 18.8 Å². The molecule has 0 aliphatic carbocycles. The van der Waals surface area contributed by atoms with Gasteiger partial charge in [0.1, 0.15) is 5.52 Å². The average Bonchev–Trinajstić information content (AvgIpc) is 3.31. The Morgan fingerprint density at radius 3 is 2.39 bits per heavy atom. The second-order valence-electron chi connectivity index (χ2n) is 10.8. The van der Waals surface area contributed by atoms with Crippen molar-refractivity contribution in [1.82, 2.24) is 29.5 Å². The molecule has 11 heteroatoms. The lowest BCUT2D eigenvalue weighted by atomic mass is 9.90. The lowest BCUT2D eigenvalue weighted by Gasteiger charge is -2.38. The van der Waals surface area contributed by atoms with E-state index in [0.29, 0.717) is 43.6 Å². The van der Waals surface area contributed by atoms with E-state index in [4.69, 9.17) is 5.11 Å². The number of aliphatic hydroxyl groups is 1. The topological polar surface area (TPSA) is 143 Å². The van der Waals surface area contributed by atoms with Gasteiger partial charge in [0.15, 0.2) is 5.52 Å². The molecule has 11 nitrogen and oxygen atoms in total. The molecule has 0 radical (unpaired) electrons. The Morgan fingerprint density at radius 2 is 1.73 bits per heavy atom. The molecule has 41 heavy (non-hydrogen) atoms. The highest BCUT2D eigenvalue weighted by atomic mass is 16.4. The third-order valence-electron chi connectivity index (χ3n) is 7.84. The predicted octanol–water partition coefficient (Wildman–Crippen LogP) is 3.11. The van der Waals surface area contributed by atoms with Gasteiger partial charge in [0.05, 0.1) is 24.2 Å². The highest BCUT2D eigenvalue weighted by Crippen LogP contribution is 2.28. The molecule has 3 N–H and O–H groups in total. The molecule has 0 spiro atoms. The van der Waals surface area contributed by atoms with Gasteiger partial charge in [-0.25, -0.2) is 9.78 Å². The minimum absolute atomic E-state index is 0.0639. The smallest absolute Gasteiger partial charge is 0.404 e. The first kappa shape index (κ1) is 28.0. The summed E-state index contributed by atoms with van der Waals surface area (Å²) < 4.78 is 3.00. The SMILES string of the molecule is CC(CC(=O)N1CCC(O)(Cn2cnc3c(-c4ccc(CNC(=O)O)cc4)n(C)nc3c2=O)CC1)c1ccccc1. The van der Waals surface area contributed by atoms with Crippen LogP contribution in [-0.2, 0) is 24.9 Å². The summed E-state index contributed by atoms with van der Waals surface area (Å²) in [6, 6.07) is 17.2. The number of nitrogens with zero attached hydrogens (tertiary/aromatic N) is 5. The van der Waals surface area contributed by atoms with Crippen LogP contribution in [0, 0.1) is 0 Å². The van der Waals surface area contributed by atoms with Crippen molar-refractivity contribution in [2.75, 3.05) is 13.1 Å². The van der Waals surface area contributed by atoms with E-state index >= 15 is 0 Å². The van der Waals surface area contributed by atoms with Crippen molar-refractivity contribution < 1.29 is 19.8 Å². The van der Waals surface area contributed by atoms with Gasteiger partial charge in [-0.05, 0) is 29.9 Å². The van der Waals surface area contributed by atoms with Gasteiger partial charge in [-0.2, -0.15) is 5.10 Å². The van der Waals surface area contributed by atoms with Gasteiger partial charge >= 0.3 is 6.09 Å². The van der Waals surface area contributed by atoms with Crippen LogP contribution in [-0.4, -0.2) is 65.1 Å². The molecule has 214 valence electrons. The highest BCUT2D eigenvalue weighted by Gasteiger charge is 2.35. The Bertz CT molecular complexity index is 1600. The number of carboxylic acid groups (broad SMARTS) is 1. The quantitative estimate of drug-likeness (QED) is 0.302. The number of piperidine rings is 1. The monoisotopic (exact) mass is 558 g/mol. The predicted molar refractivity (Wildman–Crippen MR) is 153 cm³/mol. The van der Waals surface area contributed by atoms with Crippen molar-refractivity contribution in [2.45, 2.75) is 50.8 Å². The van der Waals surface area contributed by atoms with Crippen LogP contribution in [0.4, 0.5) is 4.79 Å². The summed E-state index contributed by atoms with van der Waals surface area (Å²) in [5.41, 5.74) is 2.54. The molecule has 3 heterocycles. The van der Waals surface area contributed by atoms with Crippen molar-refractivity contribution in [3.05, 3.63) is 82.4 Å². The number of amides is 2. The summed E-state index contributed by atoms with van der Waals surface area (Å²) >= 11 is 0. The Balaban J connectivity index is 1.26. The van der Waals surface area contributed by atoms with E-state index in [2.05, 4.69) is 15.4 Å². The molecule has 5 rings (SSSR count). The number of carbonyl (C=O) groups is 2. The first-order valence-electron chi connectivity index (χ1n) is 13.7. The van der Waals surface area contributed by atoms with Gasteiger partial charge in [0.25, 0.3) is 5.56 Å². The Labute approximate surface area is 237 Å². The molecule has 1 atom stereocenters. The summed E-state index contributed by atoms with van der Waals surface area (Å²) in [5.74, 6) is 0.173. The van der Waals surface area contributed by atoms with E-state index in [-0.39, 0.29) is 36.0 Å². The number of hydrogen-bond donors (Lipinski definition) is 3. The van der Waals surface area contributed by atoms with Crippen LogP contribution in [0.3, 0.4) is 0 Å². The third-order valence-corrected chi connectivity index (χ3v) is 7.84. The number of carbonyl (C=O) groups excluding carboxylic acids is 1. The van der Waals surface area contributed by atoms with Crippen LogP contribution in [0.15, 0.2) is 65.7 Å². The van der Waals surface area contributed by atoms with E-state index in [0.717, 1.165) is 16.7 Å². The molecule has 2 aromatic heterocycles. The van der Waals surface area contributed by atoms with E-state index in [1.54, 1.807) is 28.8 Å². The number of aromatic nitrogens is 4. The first-order valence-corrected chi connectivity index (χ1v) is 13.7. The lowest BCUT2D eigenvalue weighted by Crippen LogP contribution is -2.49. The third kappa shape index (κ3) is 6.14. The molecule has 1 saturated heterocycles. The van der Waals surface area contributed by atoms with Crippen molar-refractivity contribution in [1.29, 1.82) is 0 Å². The molecule has 2 amide bonds. The Morgan fingerprint density at radius 1 is 1.05 bits per heavy atom. The van der Waals surface area contributed by atoms with E-state index in [1.165, 1.54) is 10.9 Å². The maximum absolute atomic E-state index is 13.4. The molecular formula is C30H34N6O5. The minimum atomic E-state index is -1.14. The number of hydrogen-bond acceptors (Lipinski definition) is 6. The number of likely N-dealkylation sites (tertiary alicyclic amines) is 1. The Hall–Kier alpha value is -4.51.